The maximum absolute atomic E-state index is 11.7. The molecule has 0 aliphatic rings. The van der Waals surface area contributed by atoms with Crippen LogP contribution in [0.1, 0.15) is 9.67 Å². The molecule has 0 saturated carbocycles. The second-order valence-corrected chi connectivity index (χ2v) is 7.46. The molecule has 0 unspecified atom stereocenters. The number of esters is 1. The number of nitrogen functional groups attached to an aromatic ring is 1. The van der Waals surface area contributed by atoms with Crippen molar-refractivity contribution < 1.29 is 22.5 Å². The molecular formula is C16H14N3NaO5S2. The van der Waals surface area contributed by atoms with Gasteiger partial charge >= 0.3 is 35.5 Å². The van der Waals surface area contributed by atoms with Gasteiger partial charge in [-0.05, 0) is 17.5 Å². The number of nitrogens with two attached hydrogens (primary N) is 1. The van der Waals surface area contributed by atoms with E-state index in [9.17, 15) is 17.8 Å². The van der Waals surface area contributed by atoms with Crippen LogP contribution in [0.5, 0.6) is 0 Å². The van der Waals surface area contributed by atoms with Crippen LogP contribution in [0.3, 0.4) is 0 Å². The number of ether oxygens (including phenoxy) is 1. The third-order valence-corrected chi connectivity index (χ3v) is 5.36. The van der Waals surface area contributed by atoms with E-state index in [2.05, 4.69) is 15.0 Å². The number of anilines is 1. The van der Waals surface area contributed by atoms with Gasteiger partial charge in [0.1, 0.15) is 21.1 Å². The second kappa shape index (κ2) is 8.46. The first-order valence-corrected chi connectivity index (χ1v) is 9.51. The van der Waals surface area contributed by atoms with Gasteiger partial charge < -0.3 is 10.5 Å². The molecule has 27 heavy (non-hydrogen) atoms. The Balaban J connectivity index is 0.00000261. The quantitative estimate of drug-likeness (QED) is 0.221. The third kappa shape index (κ3) is 4.37. The topological polar surface area (TPSA) is 131 Å². The van der Waals surface area contributed by atoms with Crippen LogP contribution < -0.4 is 5.73 Å². The normalized spacial score (nSPS) is 11.5. The van der Waals surface area contributed by atoms with E-state index in [0.29, 0.717) is 5.39 Å². The zero-order valence-corrected chi connectivity index (χ0v) is 15.0. The Bertz CT molecular complexity index is 1140. The number of benzene rings is 2. The van der Waals surface area contributed by atoms with Gasteiger partial charge in [0.15, 0.2) is 0 Å². The van der Waals surface area contributed by atoms with Crippen LogP contribution in [0, 0.1) is 0 Å². The number of hydrogen-bond donors (Lipinski definition) is 2. The number of methoxy groups -OCH3 is 1. The van der Waals surface area contributed by atoms with Gasteiger partial charge in [0, 0.05) is 10.8 Å². The first kappa shape index (κ1) is 21.5. The summed E-state index contributed by atoms with van der Waals surface area (Å²) in [4.78, 5) is 11.6. The Morgan fingerprint density at radius 2 is 1.78 bits per heavy atom. The summed E-state index contributed by atoms with van der Waals surface area (Å²) < 4.78 is 37.6. The van der Waals surface area contributed by atoms with E-state index in [-0.39, 0.29) is 61.8 Å². The number of rotatable bonds is 4. The molecule has 0 amide bonds. The molecule has 136 valence electrons. The van der Waals surface area contributed by atoms with Crippen LogP contribution in [-0.4, -0.2) is 55.6 Å². The molecule has 0 spiro atoms. The third-order valence-electron chi connectivity index (χ3n) is 3.59. The van der Waals surface area contributed by atoms with Crippen molar-refractivity contribution in [3.8, 4) is 0 Å². The van der Waals surface area contributed by atoms with Gasteiger partial charge in [-0.3, -0.25) is 4.55 Å². The zero-order valence-electron chi connectivity index (χ0n) is 13.4. The van der Waals surface area contributed by atoms with E-state index in [1.165, 1.54) is 13.2 Å². The molecule has 3 aromatic rings. The predicted octanol–water partition coefficient (Wildman–Crippen LogP) is 3.28. The van der Waals surface area contributed by atoms with E-state index < -0.39 is 16.1 Å². The molecule has 0 fully saturated rings. The van der Waals surface area contributed by atoms with Crippen LogP contribution in [-0.2, 0) is 14.9 Å². The zero-order chi connectivity index (χ0) is 18.9. The molecule has 1 aromatic heterocycles. The molecule has 0 aliphatic heterocycles. The minimum atomic E-state index is -4.50. The molecule has 0 radical (unpaired) electrons. The monoisotopic (exact) mass is 415 g/mol. The summed E-state index contributed by atoms with van der Waals surface area (Å²) in [5.74, 6) is -0.556. The second-order valence-electron chi connectivity index (χ2n) is 5.15. The molecular weight excluding hydrogens is 401 g/mol. The molecule has 0 atom stereocenters. The number of carbonyl (C=O) groups is 1. The van der Waals surface area contributed by atoms with Crippen LogP contribution in [0.15, 0.2) is 56.9 Å². The molecule has 0 aliphatic carbocycles. The van der Waals surface area contributed by atoms with Crippen molar-refractivity contribution in [2.24, 2.45) is 10.2 Å². The first-order chi connectivity index (χ1) is 12.3. The summed E-state index contributed by atoms with van der Waals surface area (Å²) >= 11 is 1.14. The number of azo groups is 1. The molecule has 8 nitrogen and oxygen atoms in total. The van der Waals surface area contributed by atoms with Crippen LogP contribution in [0.25, 0.3) is 10.8 Å². The Labute approximate surface area is 181 Å². The first-order valence-electron chi connectivity index (χ1n) is 7.19. The number of fused-ring (bicyclic) bond motifs is 1. The molecule has 3 rings (SSSR count). The van der Waals surface area contributed by atoms with Crippen LogP contribution >= 0.6 is 11.3 Å². The van der Waals surface area contributed by atoms with Crippen LogP contribution in [0.4, 0.5) is 17.1 Å². The molecule has 2 aromatic carbocycles. The van der Waals surface area contributed by atoms with Gasteiger partial charge in [0.25, 0.3) is 10.1 Å². The molecule has 11 heteroatoms. The van der Waals surface area contributed by atoms with Crippen molar-refractivity contribution >= 4 is 84.8 Å². The Hall–Kier alpha value is -1.82. The number of carbonyl (C=O) groups excluding carboxylic acids is 1. The van der Waals surface area contributed by atoms with Gasteiger partial charge in [-0.15, -0.1) is 21.6 Å². The van der Waals surface area contributed by atoms with E-state index in [1.54, 1.807) is 29.6 Å². The molecule has 1 heterocycles. The Morgan fingerprint density at radius 1 is 1.15 bits per heavy atom. The summed E-state index contributed by atoms with van der Waals surface area (Å²) in [7, 11) is -3.24. The molecule has 0 saturated heterocycles. The van der Waals surface area contributed by atoms with Crippen molar-refractivity contribution in [3.05, 3.63) is 46.7 Å². The summed E-state index contributed by atoms with van der Waals surface area (Å²) in [6.07, 6.45) is 0. The average molecular weight is 415 g/mol. The fourth-order valence-corrected chi connectivity index (χ4v) is 3.84. The van der Waals surface area contributed by atoms with Gasteiger partial charge in [0.05, 0.1) is 12.8 Å². The maximum atomic E-state index is 11.7. The van der Waals surface area contributed by atoms with Crippen molar-refractivity contribution in [2.45, 2.75) is 4.90 Å². The summed E-state index contributed by atoms with van der Waals surface area (Å²) in [6, 6.07) is 9.17. The molecule has 0 bridgehead atoms. The van der Waals surface area contributed by atoms with E-state index in [4.69, 9.17) is 5.73 Å². The van der Waals surface area contributed by atoms with E-state index >= 15 is 0 Å². The van der Waals surface area contributed by atoms with Gasteiger partial charge in [0.2, 0.25) is 0 Å². The Morgan fingerprint density at radius 3 is 2.41 bits per heavy atom. The summed E-state index contributed by atoms with van der Waals surface area (Å²) in [6.45, 7) is 0. The van der Waals surface area contributed by atoms with Gasteiger partial charge in [-0.2, -0.15) is 8.42 Å². The minimum absolute atomic E-state index is 0. The average Bonchev–Trinajstić information content (AvgIpc) is 3.08. The molecule has 3 N–H and O–H groups in total. The van der Waals surface area contributed by atoms with Gasteiger partial charge in [-0.25, -0.2) is 4.79 Å². The summed E-state index contributed by atoms with van der Waals surface area (Å²) in [5.41, 5.74) is 6.60. The number of hydrogen-bond acceptors (Lipinski definition) is 8. The van der Waals surface area contributed by atoms with Crippen molar-refractivity contribution in [1.29, 1.82) is 0 Å². The SMILES string of the molecule is COC(=O)c1sccc1/N=N/c1cc(S(=O)(=O)O)c2ccccc2c1N.[NaH]. The van der Waals surface area contributed by atoms with Crippen LogP contribution in [0.2, 0.25) is 0 Å². The fraction of sp³-hybridized carbons (Fsp3) is 0.0625. The number of thiophene rings is 1. The van der Waals surface area contributed by atoms with E-state index in [0.717, 1.165) is 17.4 Å². The summed E-state index contributed by atoms with van der Waals surface area (Å²) in [5, 5.41) is 10.3. The van der Waals surface area contributed by atoms with Crippen molar-refractivity contribution in [1.82, 2.24) is 0 Å². The predicted molar refractivity (Wildman–Crippen MR) is 105 cm³/mol. The van der Waals surface area contributed by atoms with Crippen molar-refractivity contribution in [2.75, 3.05) is 12.8 Å². The van der Waals surface area contributed by atoms with E-state index in [1.807, 2.05) is 0 Å². The standard InChI is InChI=1S/C16H13N3O5S2.Na.H/c1-24-16(20)15-11(6-7-25-15)18-19-12-8-13(26(21,22)23)9-4-2-3-5-10(9)14(12)17;;/h2-8H,17H2,1H3,(H,21,22,23);;/b19-18+;;. The number of nitrogens with zero attached hydrogens (tertiary/aromatic N) is 2. The van der Waals surface area contributed by atoms with Gasteiger partial charge in [-0.1, -0.05) is 24.3 Å². The fourth-order valence-electron chi connectivity index (χ4n) is 2.38. The van der Waals surface area contributed by atoms with Crippen molar-refractivity contribution in [3.63, 3.8) is 0 Å². The Kier molecular flexibility index (Phi) is 6.73.